The van der Waals surface area contributed by atoms with Crippen LogP contribution in [0.5, 0.6) is 5.75 Å². The summed E-state index contributed by atoms with van der Waals surface area (Å²) in [5.41, 5.74) is 2.09. The summed E-state index contributed by atoms with van der Waals surface area (Å²) >= 11 is 6.26. The maximum Gasteiger partial charge on any atom is 0.285 e. The Morgan fingerprint density at radius 2 is 1.70 bits per heavy atom. The zero-order valence-electron chi connectivity index (χ0n) is 16.2. The molecule has 150 valence electrons. The highest BCUT2D eigenvalue weighted by Crippen LogP contribution is 2.23. The fraction of sp³-hybridized carbons (Fsp3) is 0.0870. The quantitative estimate of drug-likeness (QED) is 0.482. The zero-order chi connectivity index (χ0) is 20.9. The van der Waals surface area contributed by atoms with Gasteiger partial charge in [-0.25, -0.2) is 0 Å². The molecule has 0 amide bonds. The molecule has 30 heavy (non-hydrogen) atoms. The third kappa shape index (κ3) is 4.04. The Balaban J connectivity index is 1.73. The first kappa shape index (κ1) is 19.7. The van der Waals surface area contributed by atoms with Gasteiger partial charge in [0, 0.05) is 17.1 Å². The molecule has 0 spiro atoms. The highest BCUT2D eigenvalue weighted by atomic mass is 35.5. The molecule has 6 nitrogen and oxygen atoms in total. The van der Waals surface area contributed by atoms with Crippen LogP contribution >= 0.6 is 11.6 Å². The van der Waals surface area contributed by atoms with Crippen LogP contribution in [0.4, 0.5) is 5.95 Å². The fourth-order valence-corrected chi connectivity index (χ4v) is 3.23. The lowest BCUT2D eigenvalue weighted by Crippen LogP contribution is -2.18. The van der Waals surface area contributed by atoms with Crippen LogP contribution in [0.1, 0.15) is 15.9 Å². The molecular weight excluding hydrogens is 400 g/mol. The summed E-state index contributed by atoms with van der Waals surface area (Å²) < 4.78 is 6.61. The second-order valence-corrected chi connectivity index (χ2v) is 6.89. The molecule has 1 heterocycles. The molecule has 7 heteroatoms. The van der Waals surface area contributed by atoms with E-state index in [2.05, 4.69) is 15.4 Å². The van der Waals surface area contributed by atoms with Gasteiger partial charge in [-0.2, -0.15) is 9.67 Å². The van der Waals surface area contributed by atoms with Gasteiger partial charge < -0.3 is 10.1 Å². The van der Waals surface area contributed by atoms with Crippen molar-refractivity contribution in [2.24, 2.45) is 0 Å². The van der Waals surface area contributed by atoms with E-state index in [0.717, 1.165) is 11.1 Å². The molecule has 0 radical (unpaired) electrons. The van der Waals surface area contributed by atoms with E-state index in [1.54, 1.807) is 18.2 Å². The van der Waals surface area contributed by atoms with Crippen LogP contribution in [0.15, 0.2) is 78.9 Å². The van der Waals surface area contributed by atoms with Crippen molar-refractivity contribution in [1.82, 2.24) is 14.8 Å². The van der Waals surface area contributed by atoms with Crippen LogP contribution in [0.3, 0.4) is 0 Å². The van der Waals surface area contributed by atoms with E-state index in [0.29, 0.717) is 34.7 Å². The summed E-state index contributed by atoms with van der Waals surface area (Å²) in [4.78, 5) is 17.8. The number of aromatic nitrogens is 3. The normalized spacial score (nSPS) is 10.6. The molecule has 0 bridgehead atoms. The maximum atomic E-state index is 13.3. The van der Waals surface area contributed by atoms with Crippen molar-refractivity contribution < 1.29 is 9.53 Å². The number of methoxy groups -OCH3 is 1. The van der Waals surface area contributed by atoms with Gasteiger partial charge in [0.05, 0.1) is 12.7 Å². The molecule has 0 aliphatic rings. The molecular formula is C23H19ClN4O2. The lowest BCUT2D eigenvalue weighted by atomic mass is 10.2. The van der Waals surface area contributed by atoms with Crippen molar-refractivity contribution in [3.05, 3.63) is 95.0 Å². The number of nitrogens with one attached hydrogen (secondary N) is 1. The second kappa shape index (κ2) is 8.80. The fourth-order valence-electron chi connectivity index (χ4n) is 3.03. The number of nitrogens with zero attached hydrogens (tertiary/aromatic N) is 3. The number of rotatable bonds is 6. The number of para-hydroxylation sites is 1. The van der Waals surface area contributed by atoms with Gasteiger partial charge >= 0.3 is 0 Å². The number of benzene rings is 3. The van der Waals surface area contributed by atoms with Gasteiger partial charge in [0.15, 0.2) is 5.82 Å². The highest BCUT2D eigenvalue weighted by molar-refractivity contribution is 6.31. The molecule has 1 N–H and O–H groups in total. The van der Waals surface area contributed by atoms with Gasteiger partial charge in [0.2, 0.25) is 5.95 Å². The van der Waals surface area contributed by atoms with Crippen molar-refractivity contribution in [3.8, 4) is 17.1 Å². The minimum absolute atomic E-state index is 0.324. The van der Waals surface area contributed by atoms with Gasteiger partial charge in [-0.15, -0.1) is 5.10 Å². The Kier molecular flexibility index (Phi) is 5.77. The van der Waals surface area contributed by atoms with Crippen molar-refractivity contribution in [2.75, 3.05) is 12.4 Å². The van der Waals surface area contributed by atoms with E-state index < -0.39 is 0 Å². The van der Waals surface area contributed by atoms with Crippen LogP contribution < -0.4 is 10.1 Å². The molecule has 0 saturated carbocycles. The SMILES string of the molecule is COc1ccccc1C(=O)n1nc(-c2ccccc2)nc1NCc1ccccc1Cl. The molecule has 0 unspecified atom stereocenters. The zero-order valence-corrected chi connectivity index (χ0v) is 17.0. The number of hydrogen-bond acceptors (Lipinski definition) is 5. The second-order valence-electron chi connectivity index (χ2n) is 6.49. The average Bonchev–Trinajstić information content (AvgIpc) is 3.23. The summed E-state index contributed by atoms with van der Waals surface area (Å²) in [6.07, 6.45) is 0. The third-order valence-electron chi connectivity index (χ3n) is 4.56. The Morgan fingerprint density at radius 3 is 2.47 bits per heavy atom. The van der Waals surface area contributed by atoms with Crippen LogP contribution in [0.2, 0.25) is 5.02 Å². The Morgan fingerprint density at radius 1 is 1.00 bits per heavy atom. The maximum absolute atomic E-state index is 13.3. The summed E-state index contributed by atoms with van der Waals surface area (Å²) in [6.45, 7) is 0.395. The van der Waals surface area contributed by atoms with E-state index in [1.165, 1.54) is 11.8 Å². The van der Waals surface area contributed by atoms with Gasteiger partial charge in [-0.3, -0.25) is 4.79 Å². The van der Waals surface area contributed by atoms with Crippen LogP contribution in [0.25, 0.3) is 11.4 Å². The highest BCUT2D eigenvalue weighted by Gasteiger charge is 2.21. The van der Waals surface area contributed by atoms with Crippen LogP contribution in [-0.2, 0) is 6.54 Å². The topological polar surface area (TPSA) is 69.0 Å². The van der Waals surface area contributed by atoms with Crippen LogP contribution in [0, 0.1) is 0 Å². The largest absolute Gasteiger partial charge is 0.496 e. The van der Waals surface area contributed by atoms with Crippen molar-refractivity contribution >= 4 is 23.5 Å². The minimum Gasteiger partial charge on any atom is -0.496 e. The Hall–Kier alpha value is -3.64. The minimum atomic E-state index is -0.344. The molecule has 0 atom stereocenters. The van der Waals surface area contributed by atoms with Crippen LogP contribution in [-0.4, -0.2) is 27.8 Å². The smallest absolute Gasteiger partial charge is 0.285 e. The van der Waals surface area contributed by atoms with E-state index in [9.17, 15) is 4.79 Å². The number of carbonyl (C=O) groups is 1. The molecule has 4 rings (SSSR count). The number of ether oxygens (including phenoxy) is 1. The molecule has 3 aromatic carbocycles. The first-order valence-corrected chi connectivity index (χ1v) is 9.72. The van der Waals surface area contributed by atoms with Gasteiger partial charge in [-0.05, 0) is 23.8 Å². The monoisotopic (exact) mass is 418 g/mol. The van der Waals surface area contributed by atoms with E-state index in [1.807, 2.05) is 60.7 Å². The molecule has 4 aromatic rings. The summed E-state index contributed by atoms with van der Waals surface area (Å²) in [7, 11) is 1.53. The average molecular weight is 419 g/mol. The number of carbonyl (C=O) groups excluding carboxylic acids is 1. The van der Waals surface area contributed by atoms with Gasteiger partial charge in [-0.1, -0.05) is 72.3 Å². The van der Waals surface area contributed by atoms with Gasteiger partial charge in [0.1, 0.15) is 5.75 Å². The summed E-state index contributed by atoms with van der Waals surface area (Å²) in [6, 6.07) is 24.0. The predicted octanol–water partition coefficient (Wildman–Crippen LogP) is 4.91. The molecule has 0 aliphatic heterocycles. The first-order valence-electron chi connectivity index (χ1n) is 9.35. The first-order chi connectivity index (χ1) is 14.7. The Bertz CT molecular complexity index is 1170. The van der Waals surface area contributed by atoms with Gasteiger partial charge in [0.25, 0.3) is 5.91 Å². The summed E-state index contributed by atoms with van der Waals surface area (Å²) in [5, 5.41) is 8.30. The molecule has 0 saturated heterocycles. The predicted molar refractivity (Wildman–Crippen MR) is 117 cm³/mol. The van der Waals surface area contributed by atoms with E-state index in [-0.39, 0.29) is 5.91 Å². The molecule has 0 fully saturated rings. The molecule has 0 aliphatic carbocycles. The summed E-state index contributed by atoms with van der Waals surface area (Å²) in [5.74, 6) is 0.894. The number of halogens is 1. The Labute approximate surface area is 179 Å². The molecule has 1 aromatic heterocycles. The van der Waals surface area contributed by atoms with Crippen molar-refractivity contribution in [1.29, 1.82) is 0 Å². The standard InChI is InChI=1S/C23H19ClN4O2/c1-30-20-14-8-6-12-18(20)22(29)28-23(25-15-17-11-5-7-13-19(17)24)26-21(27-28)16-9-3-2-4-10-16/h2-14H,15H2,1H3,(H,25,26,27). The van der Waals surface area contributed by atoms with E-state index in [4.69, 9.17) is 16.3 Å². The lowest BCUT2D eigenvalue weighted by Gasteiger charge is -2.10. The van der Waals surface area contributed by atoms with E-state index >= 15 is 0 Å². The lowest BCUT2D eigenvalue weighted by molar-refractivity contribution is 0.0944. The number of anilines is 1. The third-order valence-corrected chi connectivity index (χ3v) is 4.93. The number of hydrogen-bond donors (Lipinski definition) is 1. The van der Waals surface area contributed by atoms with Crippen molar-refractivity contribution in [3.63, 3.8) is 0 Å². The van der Waals surface area contributed by atoms with Crippen molar-refractivity contribution in [2.45, 2.75) is 6.54 Å².